The highest BCUT2D eigenvalue weighted by molar-refractivity contribution is 7.89. The average molecular weight is 476 g/mol. The minimum absolute atomic E-state index is 0.0249. The number of aromatic nitrogens is 2. The van der Waals surface area contributed by atoms with Gasteiger partial charge in [-0.15, -0.1) is 10.2 Å². The van der Waals surface area contributed by atoms with E-state index in [2.05, 4.69) is 35.7 Å². The van der Waals surface area contributed by atoms with Crippen LogP contribution in [0.15, 0.2) is 59.6 Å². The summed E-state index contributed by atoms with van der Waals surface area (Å²) in [5.74, 6) is 0.545. The number of sulfonamides is 1. The Balaban J connectivity index is 1.55. The van der Waals surface area contributed by atoms with Crippen LogP contribution >= 0.6 is 0 Å². The third-order valence-electron chi connectivity index (χ3n) is 8.83. The largest absolute Gasteiger partial charge is 0.260 e. The SMILES string of the molecule is Cc1ccc(-c2cc(S(=O)(=O)NC3CC4CCC3(C)C4(C)C)nnc2-c2ccc(C)cc2)cc1. The molecule has 1 heterocycles. The molecule has 5 nitrogen and oxygen atoms in total. The monoisotopic (exact) mass is 475 g/mol. The number of fused-ring (bicyclic) bond motifs is 2. The van der Waals surface area contributed by atoms with E-state index < -0.39 is 10.0 Å². The minimum atomic E-state index is -3.82. The molecule has 6 heteroatoms. The fourth-order valence-electron chi connectivity index (χ4n) is 6.01. The summed E-state index contributed by atoms with van der Waals surface area (Å²) in [5.41, 5.74) is 5.63. The molecule has 1 aromatic heterocycles. The molecular weight excluding hydrogens is 442 g/mol. The van der Waals surface area contributed by atoms with Crippen molar-refractivity contribution in [3.8, 4) is 22.4 Å². The smallest absolute Gasteiger partial charge is 0.206 e. The Kier molecular flexibility index (Phi) is 5.45. The quantitative estimate of drug-likeness (QED) is 0.497. The van der Waals surface area contributed by atoms with Crippen molar-refractivity contribution in [2.24, 2.45) is 16.7 Å². The lowest BCUT2D eigenvalue weighted by molar-refractivity contribution is 0.130. The summed E-state index contributed by atoms with van der Waals surface area (Å²) in [6.07, 6.45) is 3.09. The Morgan fingerprint density at radius 3 is 2.00 bits per heavy atom. The van der Waals surface area contributed by atoms with Gasteiger partial charge in [-0.1, -0.05) is 80.4 Å². The summed E-state index contributed by atoms with van der Waals surface area (Å²) >= 11 is 0. The molecule has 3 aromatic rings. The van der Waals surface area contributed by atoms with E-state index >= 15 is 0 Å². The maximum atomic E-state index is 13.5. The molecule has 2 bridgehead atoms. The van der Waals surface area contributed by atoms with Gasteiger partial charge in [0.25, 0.3) is 10.0 Å². The molecule has 0 aliphatic heterocycles. The number of hydrogen-bond acceptors (Lipinski definition) is 4. The van der Waals surface area contributed by atoms with Gasteiger partial charge < -0.3 is 0 Å². The summed E-state index contributed by atoms with van der Waals surface area (Å²) in [7, 11) is -3.82. The molecule has 2 aliphatic rings. The minimum Gasteiger partial charge on any atom is -0.206 e. The fraction of sp³-hybridized carbons (Fsp3) is 0.429. The summed E-state index contributed by atoms with van der Waals surface area (Å²) in [6, 6.07) is 17.7. The molecule has 34 heavy (non-hydrogen) atoms. The predicted molar refractivity (Wildman–Crippen MR) is 136 cm³/mol. The molecule has 2 aliphatic carbocycles. The molecule has 0 spiro atoms. The van der Waals surface area contributed by atoms with Gasteiger partial charge in [0.2, 0.25) is 0 Å². The number of nitrogens with zero attached hydrogens (tertiary/aromatic N) is 2. The van der Waals surface area contributed by atoms with Crippen molar-refractivity contribution in [2.45, 2.75) is 64.9 Å². The third kappa shape index (κ3) is 3.68. The Morgan fingerprint density at radius 1 is 0.882 bits per heavy atom. The zero-order valence-electron chi connectivity index (χ0n) is 20.6. The second kappa shape index (κ2) is 7.99. The normalized spacial score (nSPS) is 25.6. The predicted octanol–water partition coefficient (Wildman–Crippen LogP) is 5.92. The number of nitrogens with one attached hydrogen (secondary N) is 1. The van der Waals surface area contributed by atoms with Crippen LogP contribution in [0, 0.1) is 30.6 Å². The molecule has 5 rings (SSSR count). The molecule has 3 atom stereocenters. The number of rotatable bonds is 5. The summed E-state index contributed by atoms with van der Waals surface area (Å²) < 4.78 is 30.1. The topological polar surface area (TPSA) is 72.0 Å². The standard InChI is InChI=1S/C28H33N3O2S/c1-18-6-10-20(11-7-18)23-17-25(29-30-26(23)21-12-8-19(2)9-13-21)34(32,33)31-24-16-22-14-15-28(24,5)27(22,3)4/h6-13,17,22,24,31H,14-16H2,1-5H3. The van der Waals surface area contributed by atoms with Gasteiger partial charge in [-0.2, -0.15) is 0 Å². The van der Waals surface area contributed by atoms with Crippen LogP contribution in [0.25, 0.3) is 22.4 Å². The van der Waals surface area contributed by atoms with Crippen molar-refractivity contribution >= 4 is 10.0 Å². The second-order valence-electron chi connectivity index (χ2n) is 11.0. The first-order valence-corrected chi connectivity index (χ1v) is 13.5. The van der Waals surface area contributed by atoms with Gasteiger partial charge in [0.15, 0.2) is 5.03 Å². The van der Waals surface area contributed by atoms with Gasteiger partial charge in [0, 0.05) is 17.2 Å². The third-order valence-corrected chi connectivity index (χ3v) is 10.2. The first-order chi connectivity index (χ1) is 16.0. The zero-order valence-corrected chi connectivity index (χ0v) is 21.4. The number of benzene rings is 2. The second-order valence-corrected chi connectivity index (χ2v) is 12.6. The van der Waals surface area contributed by atoms with Crippen molar-refractivity contribution in [2.75, 3.05) is 0 Å². The van der Waals surface area contributed by atoms with Gasteiger partial charge >= 0.3 is 0 Å². The maximum absolute atomic E-state index is 13.5. The van der Waals surface area contributed by atoms with E-state index in [1.807, 2.05) is 62.4 Å². The highest BCUT2D eigenvalue weighted by Crippen LogP contribution is 2.65. The molecule has 0 radical (unpaired) electrons. The van der Waals surface area contributed by atoms with Gasteiger partial charge in [-0.25, -0.2) is 13.1 Å². The Bertz CT molecular complexity index is 1330. The van der Waals surface area contributed by atoms with E-state index in [1.165, 1.54) is 6.42 Å². The Labute approximate surface area is 203 Å². The summed E-state index contributed by atoms with van der Waals surface area (Å²) in [5, 5.41) is 8.63. The highest BCUT2D eigenvalue weighted by Gasteiger charge is 2.62. The van der Waals surface area contributed by atoms with Crippen LogP contribution in [-0.4, -0.2) is 24.7 Å². The van der Waals surface area contributed by atoms with Gasteiger partial charge in [-0.05, 0) is 61.5 Å². The van der Waals surface area contributed by atoms with Crippen LogP contribution in [0.3, 0.4) is 0 Å². The van der Waals surface area contributed by atoms with Gasteiger partial charge in [-0.3, -0.25) is 0 Å². The molecule has 2 fully saturated rings. The van der Waals surface area contributed by atoms with E-state index in [0.717, 1.165) is 40.7 Å². The summed E-state index contributed by atoms with van der Waals surface area (Å²) in [6.45, 7) is 10.9. The zero-order chi connectivity index (χ0) is 24.3. The van der Waals surface area contributed by atoms with Crippen LogP contribution < -0.4 is 4.72 Å². The fourth-order valence-corrected chi connectivity index (χ4v) is 7.29. The van der Waals surface area contributed by atoms with E-state index in [1.54, 1.807) is 6.07 Å². The Hall–Kier alpha value is -2.57. The van der Waals surface area contributed by atoms with Crippen molar-refractivity contribution in [3.05, 3.63) is 65.7 Å². The molecular formula is C28H33N3O2S. The van der Waals surface area contributed by atoms with Gasteiger partial charge in [0.1, 0.15) is 5.69 Å². The van der Waals surface area contributed by atoms with E-state index in [9.17, 15) is 8.42 Å². The van der Waals surface area contributed by atoms with E-state index in [-0.39, 0.29) is 21.9 Å². The summed E-state index contributed by atoms with van der Waals surface area (Å²) in [4.78, 5) is 0. The number of hydrogen-bond donors (Lipinski definition) is 1. The van der Waals surface area contributed by atoms with Crippen molar-refractivity contribution in [1.29, 1.82) is 0 Å². The molecule has 178 valence electrons. The van der Waals surface area contributed by atoms with E-state index in [0.29, 0.717) is 11.6 Å². The highest BCUT2D eigenvalue weighted by atomic mass is 32.2. The number of aryl methyl sites for hydroxylation is 2. The lowest BCUT2D eigenvalue weighted by Gasteiger charge is -2.39. The van der Waals surface area contributed by atoms with Crippen LogP contribution in [0.5, 0.6) is 0 Å². The van der Waals surface area contributed by atoms with Crippen molar-refractivity contribution < 1.29 is 8.42 Å². The molecule has 2 saturated carbocycles. The first-order valence-electron chi connectivity index (χ1n) is 12.1. The Morgan fingerprint density at radius 2 is 1.47 bits per heavy atom. The molecule has 2 aromatic carbocycles. The van der Waals surface area contributed by atoms with Crippen LogP contribution in [0.2, 0.25) is 0 Å². The lowest BCUT2D eigenvalue weighted by Crippen LogP contribution is -2.47. The van der Waals surface area contributed by atoms with Crippen molar-refractivity contribution in [3.63, 3.8) is 0 Å². The van der Waals surface area contributed by atoms with E-state index in [4.69, 9.17) is 0 Å². The first kappa shape index (κ1) is 23.2. The molecule has 0 saturated heterocycles. The van der Waals surface area contributed by atoms with Crippen LogP contribution in [0.4, 0.5) is 0 Å². The molecule has 3 unspecified atom stereocenters. The van der Waals surface area contributed by atoms with Crippen LogP contribution in [0.1, 0.15) is 51.2 Å². The lowest BCUT2D eigenvalue weighted by atomic mass is 9.69. The molecule has 0 amide bonds. The average Bonchev–Trinajstić information content (AvgIpc) is 3.13. The molecule has 1 N–H and O–H groups in total. The van der Waals surface area contributed by atoms with Crippen LogP contribution in [-0.2, 0) is 10.0 Å². The maximum Gasteiger partial charge on any atom is 0.260 e. The van der Waals surface area contributed by atoms with Crippen molar-refractivity contribution in [1.82, 2.24) is 14.9 Å². The van der Waals surface area contributed by atoms with Gasteiger partial charge in [0.05, 0.1) is 0 Å².